The molecule has 106 valence electrons. The predicted octanol–water partition coefficient (Wildman–Crippen LogP) is 2.84. The fourth-order valence-corrected chi connectivity index (χ4v) is 2.87. The standard InChI is InChI=1S/C13H20N2O3S/c1-5-17-11-14-9-6-7-15(8-10(9)19-11)12(16)18-13(2,3)4/h5-8H2,1-4H3. The van der Waals surface area contributed by atoms with E-state index in [-0.39, 0.29) is 6.09 Å². The van der Waals surface area contributed by atoms with Crippen LogP contribution in [0.3, 0.4) is 0 Å². The van der Waals surface area contributed by atoms with Crippen molar-refractivity contribution in [2.24, 2.45) is 0 Å². The van der Waals surface area contributed by atoms with Gasteiger partial charge >= 0.3 is 6.09 Å². The highest BCUT2D eigenvalue weighted by Crippen LogP contribution is 2.30. The Morgan fingerprint density at radius 1 is 1.47 bits per heavy atom. The smallest absolute Gasteiger partial charge is 0.410 e. The first kappa shape index (κ1) is 14.1. The van der Waals surface area contributed by atoms with Crippen LogP contribution < -0.4 is 4.74 Å². The van der Waals surface area contributed by atoms with Crippen LogP contribution in [0, 0.1) is 0 Å². The normalized spacial score (nSPS) is 15.1. The molecule has 1 aromatic heterocycles. The van der Waals surface area contributed by atoms with E-state index < -0.39 is 5.60 Å². The van der Waals surface area contributed by atoms with Crippen LogP contribution in [-0.4, -0.2) is 34.7 Å². The van der Waals surface area contributed by atoms with E-state index in [2.05, 4.69) is 4.98 Å². The van der Waals surface area contributed by atoms with Crippen LogP contribution in [0.5, 0.6) is 5.19 Å². The van der Waals surface area contributed by atoms with Gasteiger partial charge in [-0.1, -0.05) is 11.3 Å². The van der Waals surface area contributed by atoms with Crippen molar-refractivity contribution in [1.82, 2.24) is 9.88 Å². The van der Waals surface area contributed by atoms with Gasteiger partial charge in [-0.15, -0.1) is 0 Å². The first-order valence-corrected chi connectivity index (χ1v) is 7.30. The lowest BCUT2D eigenvalue weighted by Gasteiger charge is -2.29. The van der Waals surface area contributed by atoms with E-state index in [4.69, 9.17) is 9.47 Å². The average Bonchev–Trinajstić information content (AvgIpc) is 2.68. The molecule has 0 aliphatic carbocycles. The molecule has 0 spiro atoms. The largest absolute Gasteiger partial charge is 0.470 e. The van der Waals surface area contributed by atoms with Crippen molar-refractivity contribution in [3.63, 3.8) is 0 Å². The van der Waals surface area contributed by atoms with Gasteiger partial charge in [0.15, 0.2) is 0 Å². The van der Waals surface area contributed by atoms with Crippen molar-refractivity contribution < 1.29 is 14.3 Å². The summed E-state index contributed by atoms with van der Waals surface area (Å²) in [5, 5.41) is 0.693. The molecular formula is C13H20N2O3S. The molecule has 2 rings (SSSR count). The average molecular weight is 284 g/mol. The van der Waals surface area contributed by atoms with Crippen molar-refractivity contribution in [1.29, 1.82) is 0 Å². The maximum Gasteiger partial charge on any atom is 0.410 e. The lowest BCUT2D eigenvalue weighted by Crippen LogP contribution is -2.39. The maximum atomic E-state index is 12.0. The maximum absolute atomic E-state index is 12.0. The van der Waals surface area contributed by atoms with Crippen LogP contribution in [0.15, 0.2) is 0 Å². The van der Waals surface area contributed by atoms with Crippen LogP contribution in [0.1, 0.15) is 38.3 Å². The van der Waals surface area contributed by atoms with Gasteiger partial charge < -0.3 is 14.4 Å². The number of aromatic nitrogens is 1. The molecule has 0 atom stereocenters. The third kappa shape index (κ3) is 3.59. The highest BCUT2D eigenvalue weighted by Gasteiger charge is 2.27. The van der Waals surface area contributed by atoms with Crippen LogP contribution in [-0.2, 0) is 17.7 Å². The molecule has 1 aromatic rings. The van der Waals surface area contributed by atoms with Gasteiger partial charge in [0.2, 0.25) is 0 Å². The molecule has 1 amide bonds. The van der Waals surface area contributed by atoms with E-state index in [0.29, 0.717) is 24.9 Å². The summed E-state index contributed by atoms with van der Waals surface area (Å²) in [7, 11) is 0. The van der Waals surface area contributed by atoms with E-state index in [1.165, 1.54) is 11.3 Å². The lowest BCUT2D eigenvalue weighted by atomic mass is 10.2. The van der Waals surface area contributed by atoms with E-state index >= 15 is 0 Å². The van der Waals surface area contributed by atoms with Crippen LogP contribution in [0.2, 0.25) is 0 Å². The second-order valence-corrected chi connectivity index (χ2v) is 6.48. The van der Waals surface area contributed by atoms with Gasteiger partial charge in [0.25, 0.3) is 5.19 Å². The van der Waals surface area contributed by atoms with Gasteiger partial charge in [-0.3, -0.25) is 0 Å². The van der Waals surface area contributed by atoms with Crippen LogP contribution >= 0.6 is 11.3 Å². The number of hydrogen-bond acceptors (Lipinski definition) is 5. The Morgan fingerprint density at radius 2 is 2.21 bits per heavy atom. The summed E-state index contributed by atoms with van der Waals surface area (Å²) in [5.74, 6) is 0. The van der Waals surface area contributed by atoms with Crippen LogP contribution in [0.25, 0.3) is 0 Å². The lowest BCUT2D eigenvalue weighted by molar-refractivity contribution is 0.0225. The zero-order valence-electron chi connectivity index (χ0n) is 11.9. The number of ether oxygens (including phenoxy) is 2. The van der Waals surface area contributed by atoms with Crippen molar-refractivity contribution in [2.75, 3.05) is 13.2 Å². The first-order valence-electron chi connectivity index (χ1n) is 6.48. The molecule has 0 bridgehead atoms. The fraction of sp³-hybridized carbons (Fsp3) is 0.692. The first-order chi connectivity index (χ1) is 8.89. The molecule has 0 fully saturated rings. The molecule has 19 heavy (non-hydrogen) atoms. The summed E-state index contributed by atoms with van der Waals surface area (Å²) in [6.07, 6.45) is 0.502. The minimum atomic E-state index is -0.457. The van der Waals surface area contributed by atoms with Crippen molar-refractivity contribution >= 4 is 17.4 Å². The molecule has 0 radical (unpaired) electrons. The molecule has 5 nitrogen and oxygen atoms in total. The van der Waals surface area contributed by atoms with Crippen molar-refractivity contribution in [2.45, 2.75) is 46.3 Å². The van der Waals surface area contributed by atoms with Crippen molar-refractivity contribution in [3.8, 4) is 5.19 Å². The van der Waals surface area contributed by atoms with E-state index in [9.17, 15) is 4.79 Å². The monoisotopic (exact) mass is 284 g/mol. The third-order valence-corrected chi connectivity index (χ3v) is 3.63. The second-order valence-electron chi connectivity index (χ2n) is 5.43. The Labute approximate surface area is 117 Å². The number of thiazole rings is 1. The highest BCUT2D eigenvalue weighted by molar-refractivity contribution is 7.13. The summed E-state index contributed by atoms with van der Waals surface area (Å²) in [6.45, 7) is 9.39. The minimum Gasteiger partial charge on any atom is -0.470 e. The molecule has 0 N–H and O–H groups in total. The topological polar surface area (TPSA) is 51.7 Å². The Kier molecular flexibility index (Phi) is 3.99. The Hall–Kier alpha value is -1.30. The van der Waals surface area contributed by atoms with E-state index in [1.54, 1.807) is 4.90 Å². The predicted molar refractivity (Wildman–Crippen MR) is 73.6 cm³/mol. The molecule has 1 aliphatic rings. The van der Waals surface area contributed by atoms with Gasteiger partial charge in [0.1, 0.15) is 5.60 Å². The zero-order chi connectivity index (χ0) is 14.0. The van der Waals surface area contributed by atoms with E-state index in [1.807, 2.05) is 27.7 Å². The van der Waals surface area contributed by atoms with Crippen molar-refractivity contribution in [3.05, 3.63) is 10.6 Å². The van der Waals surface area contributed by atoms with Gasteiger partial charge in [-0.05, 0) is 27.7 Å². The third-order valence-electron chi connectivity index (χ3n) is 2.63. The zero-order valence-corrected chi connectivity index (χ0v) is 12.7. The summed E-state index contributed by atoms with van der Waals surface area (Å²) in [6, 6.07) is 0. The summed E-state index contributed by atoms with van der Waals surface area (Å²) in [5.41, 5.74) is 0.593. The Morgan fingerprint density at radius 3 is 2.84 bits per heavy atom. The number of fused-ring (bicyclic) bond motifs is 1. The number of rotatable bonds is 2. The molecular weight excluding hydrogens is 264 g/mol. The SMILES string of the molecule is CCOc1nc2c(s1)CN(C(=O)OC(C)(C)C)CC2. The molecule has 6 heteroatoms. The molecule has 2 heterocycles. The molecule has 0 saturated carbocycles. The Bertz CT molecular complexity index is 465. The number of carbonyl (C=O) groups excluding carboxylic acids is 1. The number of amides is 1. The van der Waals surface area contributed by atoms with E-state index in [0.717, 1.165) is 17.0 Å². The molecule has 1 aliphatic heterocycles. The van der Waals surface area contributed by atoms with Gasteiger partial charge in [0, 0.05) is 13.0 Å². The summed E-state index contributed by atoms with van der Waals surface area (Å²) in [4.78, 5) is 19.3. The second kappa shape index (κ2) is 5.36. The Balaban J connectivity index is 2.03. The highest BCUT2D eigenvalue weighted by atomic mass is 32.1. The molecule has 0 aromatic carbocycles. The van der Waals surface area contributed by atoms with Gasteiger partial charge in [0.05, 0.1) is 23.7 Å². The van der Waals surface area contributed by atoms with Crippen LogP contribution in [0.4, 0.5) is 4.79 Å². The number of nitrogens with zero attached hydrogens (tertiary/aromatic N) is 2. The molecule has 0 saturated heterocycles. The van der Waals surface area contributed by atoms with Gasteiger partial charge in [-0.25, -0.2) is 9.78 Å². The van der Waals surface area contributed by atoms with Gasteiger partial charge in [-0.2, -0.15) is 0 Å². The fourth-order valence-electron chi connectivity index (χ4n) is 1.84. The number of carbonyl (C=O) groups is 1. The number of hydrogen-bond donors (Lipinski definition) is 0. The minimum absolute atomic E-state index is 0.260. The quantitative estimate of drug-likeness (QED) is 0.838. The summed E-state index contributed by atoms with van der Waals surface area (Å²) >= 11 is 1.52. The molecule has 0 unspecified atom stereocenters. The summed E-state index contributed by atoms with van der Waals surface area (Å²) < 4.78 is 10.8.